The number of ether oxygens (including phenoxy) is 3. The molecule has 0 amide bonds. The Hall–Kier alpha value is -0.900. The molecule has 0 N–H and O–H groups in total. The first-order chi connectivity index (χ1) is 26.6. The van der Waals surface area contributed by atoms with E-state index in [4.69, 9.17) is 14.2 Å². The maximum Gasteiger partial charge on any atom is 0.158 e. The van der Waals surface area contributed by atoms with Gasteiger partial charge in [0.1, 0.15) is 0 Å². The van der Waals surface area contributed by atoms with Crippen molar-refractivity contribution in [1.82, 2.24) is 0 Å². The van der Waals surface area contributed by atoms with Crippen LogP contribution in [0.1, 0.15) is 216 Å². The number of rotatable bonds is 28. The minimum atomic E-state index is -0.120. The van der Waals surface area contributed by atoms with Crippen LogP contribution in [0.2, 0.25) is 0 Å². The molecule has 55 heavy (non-hydrogen) atoms. The lowest BCUT2D eigenvalue weighted by atomic mass is 9.47. The average molecular weight is 765 g/mol. The molecule has 318 valence electrons. The minimum absolute atomic E-state index is 0.0642. The summed E-state index contributed by atoms with van der Waals surface area (Å²) in [5.41, 5.74) is 2.66. The largest absolute Gasteiger partial charge is 0.379 e. The molecule has 0 aromatic heterocycles. The van der Waals surface area contributed by atoms with E-state index in [-0.39, 0.29) is 18.5 Å². The fourth-order valence-electron chi connectivity index (χ4n) is 12.1. The summed E-state index contributed by atoms with van der Waals surface area (Å²) in [5.74, 6) is 5.35. The van der Waals surface area contributed by atoms with E-state index in [0.29, 0.717) is 17.4 Å². The van der Waals surface area contributed by atoms with Crippen molar-refractivity contribution in [2.75, 3.05) is 13.2 Å². The van der Waals surface area contributed by atoms with E-state index >= 15 is 0 Å². The van der Waals surface area contributed by atoms with Crippen molar-refractivity contribution in [1.29, 1.82) is 0 Å². The molecule has 10 atom stereocenters. The van der Waals surface area contributed by atoms with Gasteiger partial charge in [0, 0.05) is 6.61 Å². The highest BCUT2D eigenvalue weighted by Gasteiger charge is 2.59. The van der Waals surface area contributed by atoms with Gasteiger partial charge in [-0.05, 0) is 150 Å². The van der Waals surface area contributed by atoms with Crippen LogP contribution in [0.25, 0.3) is 0 Å². The molecule has 0 heterocycles. The van der Waals surface area contributed by atoms with Crippen LogP contribution in [-0.4, -0.2) is 31.7 Å². The summed E-state index contributed by atoms with van der Waals surface area (Å²) >= 11 is 0. The molecule has 4 aliphatic carbocycles. The standard InChI is InChI=1S/C52H92O3/c1-9-11-12-13-14-15-16-17-18-19-20-21-22-23-24-25-38-53-40-43(6)54-50(27-10-2)55-45-34-36-51(7)44(39-45)30-31-46-48-33-32-47(42(5)29-26-28-41(3)4)52(48,8)37-35-49(46)51/h14-15,17-18,30,41-43,45-50H,9-13,16,19-29,31-40H2,1-8H3/b15-14-,18-17-/t42-,43?,45+,46+,47-,48+,49+,50?,51+,52-/m1/s1. The van der Waals surface area contributed by atoms with E-state index in [9.17, 15) is 0 Å². The van der Waals surface area contributed by atoms with Crippen molar-refractivity contribution >= 4 is 0 Å². The van der Waals surface area contributed by atoms with Gasteiger partial charge in [-0.1, -0.05) is 149 Å². The van der Waals surface area contributed by atoms with Crippen molar-refractivity contribution in [3.05, 3.63) is 36.0 Å². The quantitative estimate of drug-likeness (QED) is 0.0451. The number of hydrogen-bond donors (Lipinski definition) is 0. The molecule has 3 fully saturated rings. The molecule has 0 bridgehead atoms. The van der Waals surface area contributed by atoms with Crippen molar-refractivity contribution in [2.45, 2.75) is 234 Å². The Morgan fingerprint density at radius 2 is 1.45 bits per heavy atom. The van der Waals surface area contributed by atoms with Crippen LogP contribution in [0.4, 0.5) is 0 Å². The molecule has 0 radical (unpaired) electrons. The number of allylic oxidation sites excluding steroid dienone is 5. The van der Waals surface area contributed by atoms with Crippen molar-refractivity contribution in [2.24, 2.45) is 46.3 Å². The molecule has 0 saturated heterocycles. The van der Waals surface area contributed by atoms with Crippen LogP contribution in [0.3, 0.4) is 0 Å². The number of unbranched alkanes of at least 4 members (excludes halogenated alkanes) is 9. The second-order valence-corrected chi connectivity index (χ2v) is 20.1. The zero-order valence-corrected chi connectivity index (χ0v) is 37.9. The van der Waals surface area contributed by atoms with E-state index in [1.807, 2.05) is 0 Å². The maximum atomic E-state index is 6.82. The lowest BCUT2D eigenvalue weighted by Gasteiger charge is -2.58. The highest BCUT2D eigenvalue weighted by atomic mass is 16.7. The summed E-state index contributed by atoms with van der Waals surface area (Å²) < 4.78 is 19.4. The average Bonchev–Trinajstić information content (AvgIpc) is 3.51. The molecule has 3 nitrogen and oxygen atoms in total. The molecule has 0 aromatic carbocycles. The third kappa shape index (κ3) is 14.4. The van der Waals surface area contributed by atoms with E-state index in [1.54, 1.807) is 5.57 Å². The summed E-state index contributed by atoms with van der Waals surface area (Å²) in [4.78, 5) is 0. The van der Waals surface area contributed by atoms with Gasteiger partial charge in [0.2, 0.25) is 0 Å². The van der Waals surface area contributed by atoms with Crippen molar-refractivity contribution in [3.8, 4) is 0 Å². The normalized spacial score (nSPS) is 31.1. The Morgan fingerprint density at radius 1 is 0.727 bits per heavy atom. The zero-order chi connectivity index (χ0) is 39.5. The number of fused-ring (bicyclic) bond motifs is 5. The highest BCUT2D eigenvalue weighted by molar-refractivity contribution is 5.25. The smallest absolute Gasteiger partial charge is 0.158 e. The van der Waals surface area contributed by atoms with Crippen LogP contribution in [0.15, 0.2) is 36.0 Å². The molecule has 0 spiro atoms. The molecule has 4 rings (SSSR count). The van der Waals surface area contributed by atoms with Gasteiger partial charge in [-0.2, -0.15) is 0 Å². The lowest BCUT2D eigenvalue weighted by molar-refractivity contribution is -0.208. The summed E-state index contributed by atoms with van der Waals surface area (Å²) in [6.45, 7) is 21.0. The molecular formula is C52H92O3. The van der Waals surface area contributed by atoms with Gasteiger partial charge in [0.15, 0.2) is 6.29 Å². The van der Waals surface area contributed by atoms with Crippen LogP contribution < -0.4 is 0 Å². The Morgan fingerprint density at radius 3 is 2.18 bits per heavy atom. The summed E-state index contributed by atoms with van der Waals surface area (Å²) in [5, 5.41) is 0. The van der Waals surface area contributed by atoms with Crippen molar-refractivity contribution < 1.29 is 14.2 Å². The zero-order valence-electron chi connectivity index (χ0n) is 37.9. The molecule has 3 saturated carbocycles. The molecule has 3 heteroatoms. The highest BCUT2D eigenvalue weighted by Crippen LogP contribution is 2.67. The fourth-order valence-corrected chi connectivity index (χ4v) is 12.1. The van der Waals surface area contributed by atoms with Gasteiger partial charge >= 0.3 is 0 Å². The third-order valence-corrected chi connectivity index (χ3v) is 15.4. The van der Waals surface area contributed by atoms with Gasteiger partial charge < -0.3 is 14.2 Å². The van der Waals surface area contributed by atoms with Gasteiger partial charge in [0.05, 0.1) is 18.8 Å². The Labute approximate surface area is 343 Å². The molecule has 0 aromatic rings. The summed E-state index contributed by atoms with van der Waals surface area (Å²) in [6, 6.07) is 0. The predicted molar refractivity (Wildman–Crippen MR) is 237 cm³/mol. The van der Waals surface area contributed by atoms with E-state index in [2.05, 4.69) is 85.8 Å². The summed E-state index contributed by atoms with van der Waals surface area (Å²) in [7, 11) is 0. The van der Waals surface area contributed by atoms with E-state index in [0.717, 1.165) is 74.2 Å². The monoisotopic (exact) mass is 765 g/mol. The second kappa shape index (κ2) is 24.9. The first-order valence-electron chi connectivity index (χ1n) is 24.5. The molecule has 2 unspecified atom stereocenters. The van der Waals surface area contributed by atoms with Gasteiger partial charge in [0.25, 0.3) is 0 Å². The van der Waals surface area contributed by atoms with Crippen LogP contribution in [-0.2, 0) is 14.2 Å². The predicted octanol–water partition coefficient (Wildman–Crippen LogP) is 15.8. The van der Waals surface area contributed by atoms with E-state index in [1.165, 1.54) is 128 Å². The molecular weight excluding hydrogens is 673 g/mol. The number of hydrogen-bond acceptors (Lipinski definition) is 3. The lowest BCUT2D eigenvalue weighted by Crippen LogP contribution is -2.51. The maximum absolute atomic E-state index is 6.82. The first kappa shape index (κ1) is 46.8. The fraction of sp³-hybridized carbons (Fsp3) is 0.885. The molecule has 0 aliphatic heterocycles. The van der Waals surface area contributed by atoms with Gasteiger partial charge in [-0.3, -0.25) is 0 Å². The Bertz CT molecular complexity index is 1120. The second-order valence-electron chi connectivity index (χ2n) is 20.1. The van der Waals surface area contributed by atoms with Crippen molar-refractivity contribution in [3.63, 3.8) is 0 Å². The first-order valence-corrected chi connectivity index (χ1v) is 24.5. The SMILES string of the molecule is CCCCC/C=C\C/C=C\CCCCCCCCOCC(C)OC(CCC)O[C@H]1CC[C@@]2(C)C(=CC[C@H]3[C@@H]4CC[C@H]([C@H](C)CCCC(C)C)[C@@]4(C)CC[C@@H]32)C1. The third-order valence-electron chi connectivity index (χ3n) is 15.4. The van der Waals surface area contributed by atoms with Crippen LogP contribution >= 0.6 is 0 Å². The topological polar surface area (TPSA) is 27.7 Å². The van der Waals surface area contributed by atoms with Gasteiger partial charge in [-0.15, -0.1) is 0 Å². The molecule has 4 aliphatic rings. The Kier molecular flexibility index (Phi) is 21.2. The van der Waals surface area contributed by atoms with Crippen LogP contribution in [0.5, 0.6) is 0 Å². The van der Waals surface area contributed by atoms with E-state index < -0.39 is 0 Å². The van der Waals surface area contributed by atoms with Crippen LogP contribution in [0, 0.1) is 46.3 Å². The van der Waals surface area contributed by atoms with Gasteiger partial charge in [-0.25, -0.2) is 0 Å². The minimum Gasteiger partial charge on any atom is -0.379 e. The Balaban J connectivity index is 1.10. The summed E-state index contributed by atoms with van der Waals surface area (Å²) in [6.07, 6.45) is 44.7.